The van der Waals surface area contributed by atoms with Gasteiger partial charge >= 0.3 is 12.2 Å². The zero-order valence-electron chi connectivity index (χ0n) is 50.7. The quantitative estimate of drug-likeness (QED) is 0.0923. The molecule has 4 saturated heterocycles. The Hall–Kier alpha value is -9.20. The number of hydrogen-bond donors (Lipinski definition) is 1. The lowest BCUT2D eigenvalue weighted by molar-refractivity contribution is 0.0258. The van der Waals surface area contributed by atoms with Crippen LogP contribution in [-0.4, -0.2) is 126 Å². The van der Waals surface area contributed by atoms with E-state index in [2.05, 4.69) is 120 Å². The van der Waals surface area contributed by atoms with E-state index in [4.69, 9.17) is 27.7 Å². The van der Waals surface area contributed by atoms with Gasteiger partial charge in [0.2, 0.25) is 0 Å². The maximum absolute atomic E-state index is 13.6. The summed E-state index contributed by atoms with van der Waals surface area (Å²) in [6.45, 7) is 24.3. The lowest BCUT2D eigenvalue weighted by atomic mass is 10.1. The molecule has 4 aliphatic heterocycles. The molecule has 0 spiro atoms. The number of terminal acetylenes is 1. The molecule has 1 N–H and O–H groups in total. The van der Waals surface area contributed by atoms with E-state index in [0.717, 1.165) is 97.7 Å². The number of piperidine rings is 4. The van der Waals surface area contributed by atoms with Crippen molar-refractivity contribution < 1.29 is 32.2 Å². The third kappa shape index (κ3) is 17.8. The van der Waals surface area contributed by atoms with Gasteiger partial charge in [-0.05, 0) is 217 Å². The molecule has 8 heterocycles. The molecular formula is C68H66F3IN14O4. The first-order valence-electron chi connectivity index (χ1n) is 29.2. The second-order valence-electron chi connectivity index (χ2n) is 25.3. The Morgan fingerprint density at radius 3 is 1.50 bits per heavy atom. The third-order valence-corrected chi connectivity index (χ3v) is 16.6. The normalized spacial score (nSPS) is 24.8. The van der Waals surface area contributed by atoms with E-state index in [1.807, 2.05) is 96.1 Å². The maximum atomic E-state index is 13.6. The minimum absolute atomic E-state index is 0.0162. The first-order chi connectivity index (χ1) is 42.9. The van der Waals surface area contributed by atoms with Gasteiger partial charge in [-0.15, -0.1) is 26.8 Å². The molecule has 2 amide bonds. The van der Waals surface area contributed by atoms with Crippen LogP contribution in [0.4, 0.5) is 34.1 Å². The van der Waals surface area contributed by atoms with Crippen molar-refractivity contribution in [3.05, 3.63) is 165 Å². The lowest BCUT2D eigenvalue weighted by Crippen LogP contribution is -2.37. The summed E-state index contributed by atoms with van der Waals surface area (Å²) in [7, 11) is 0. The number of benzene rings is 2. The average molecular weight is 1330 g/mol. The minimum atomic E-state index is -0.717. The van der Waals surface area contributed by atoms with Crippen LogP contribution in [-0.2, 0) is 9.47 Å². The minimum Gasteiger partial charge on any atom is -0.444 e. The second kappa shape index (κ2) is 27.7. The predicted molar refractivity (Wildman–Crippen MR) is 337 cm³/mol. The molecule has 0 bridgehead atoms. The summed E-state index contributed by atoms with van der Waals surface area (Å²) in [6, 6.07) is 24.0. The van der Waals surface area contributed by atoms with Gasteiger partial charge in [-0.1, -0.05) is 23.7 Å². The monoisotopic (exact) mass is 1330 g/mol. The number of nitrogens with zero attached hydrogens (tertiary/aromatic N) is 13. The molecule has 460 valence electrons. The molecule has 18 nitrogen and oxygen atoms in total. The zero-order valence-corrected chi connectivity index (χ0v) is 52.9. The molecule has 2 aromatic carbocycles. The fraction of sp³-hybridized carbons (Fsp3) is 0.412. The molecule has 0 radical (unpaired) electrons. The van der Waals surface area contributed by atoms with Gasteiger partial charge in [-0.3, -0.25) is 0 Å². The number of rotatable bonds is 1. The Labute approximate surface area is 536 Å². The van der Waals surface area contributed by atoms with Gasteiger partial charge in [0.15, 0.2) is 5.69 Å². The number of halogens is 4. The molecular weight excluding hydrogens is 1260 g/mol. The smallest absolute Gasteiger partial charge is 0.410 e. The first kappa shape index (κ1) is 65.3. The number of nitriles is 1. The summed E-state index contributed by atoms with van der Waals surface area (Å²) in [5.74, 6) is 22.5. The standard InChI is InChI=1S/C18H13FN4.C16H19N3O2.C12H17NO2.C11H11N3.C7H3F2N.C4H3IN2/c19-15-6-13(10-20)7-17(8-15)23-11-14-9-18(14,12-23)4-3-16-2-1-5-21-22-16;1-15(2,3)21-14(20)19-10-12-9-16(12,11-19)7-6-13-5-4-8-17-18-13;1-5-12-6-9(12)7-13(8-12)10(14)15-11(2,3)4;1-2-10(14-13-5-1)3-4-11-6-9(11)7-12-8-11;1-10-7-3-5(8)2-6(9)4-7;5-4-2-1-3-6-7-4/h1-2,5-8,14H,9,11-12H2;4-5,8,12H,9-11H2,1-3H3;1,9H,6-8H2,2-4H3;1-2,5,9,12H,6-8H2;2-4H;1-3H. The zero-order chi connectivity index (χ0) is 64.3. The molecule has 14 rings (SSSR count). The summed E-state index contributed by atoms with van der Waals surface area (Å²) < 4.78 is 49.7. The number of carbonyl (C=O) groups excluding carboxylic acids is 2. The Morgan fingerprint density at radius 1 is 0.633 bits per heavy atom. The second-order valence-corrected chi connectivity index (χ2v) is 26.4. The molecule has 4 saturated carbocycles. The number of likely N-dealkylation sites (tertiary alicyclic amines) is 2. The van der Waals surface area contributed by atoms with Crippen LogP contribution in [0.5, 0.6) is 0 Å². The van der Waals surface area contributed by atoms with E-state index >= 15 is 0 Å². The number of aromatic nitrogens is 8. The summed E-state index contributed by atoms with van der Waals surface area (Å²) in [5, 5.41) is 43.0. The van der Waals surface area contributed by atoms with Crippen LogP contribution in [0.2, 0.25) is 0 Å². The highest BCUT2D eigenvalue weighted by Crippen LogP contribution is 2.59. The van der Waals surface area contributed by atoms with Crippen molar-refractivity contribution in [2.45, 2.75) is 78.4 Å². The van der Waals surface area contributed by atoms with Crippen molar-refractivity contribution in [1.29, 1.82) is 5.26 Å². The third-order valence-electron chi connectivity index (χ3n) is 16.0. The first-order valence-corrected chi connectivity index (χ1v) is 30.3. The van der Waals surface area contributed by atoms with E-state index in [1.165, 1.54) is 18.6 Å². The summed E-state index contributed by atoms with van der Waals surface area (Å²) in [5.41, 5.74) is 2.50. The number of carbonyl (C=O) groups is 2. The topological polar surface area (TPSA) is 206 Å². The van der Waals surface area contributed by atoms with Crippen molar-refractivity contribution in [3.8, 4) is 53.9 Å². The van der Waals surface area contributed by atoms with Crippen molar-refractivity contribution in [1.82, 2.24) is 55.9 Å². The van der Waals surface area contributed by atoms with Crippen LogP contribution < -0.4 is 10.2 Å². The van der Waals surface area contributed by atoms with Crippen LogP contribution in [0.3, 0.4) is 0 Å². The van der Waals surface area contributed by atoms with Crippen molar-refractivity contribution in [2.75, 3.05) is 57.3 Å². The number of ether oxygens (including phenoxy) is 2. The average Bonchev–Trinajstić information content (AvgIpc) is 1.62. The number of amides is 2. The van der Waals surface area contributed by atoms with Crippen LogP contribution in [0.15, 0.2) is 110 Å². The summed E-state index contributed by atoms with van der Waals surface area (Å²) in [6.07, 6.45) is 16.0. The number of hydrogen-bond acceptors (Lipinski definition) is 15. The van der Waals surface area contributed by atoms with Gasteiger partial charge in [0.1, 0.15) is 49.4 Å². The molecule has 8 aliphatic rings. The number of anilines is 1. The van der Waals surface area contributed by atoms with Crippen molar-refractivity contribution >= 4 is 46.2 Å². The SMILES string of the molecule is C#CC12CC1CN(C(=O)OC(C)(C)C)C2.C(#CC12CNCC1C2)c1cccnn1.CC(C)(C)OC(=O)N1CC2CC2(C#Cc2cccnn2)C1.Ic1cccnn1.N#Cc1cc(F)cc(N2CC3CC3(C#Cc3cccnn3)C2)c1.[C-]#[N+]c1cc(F)cc(F)c1. The number of fused-ring (bicyclic) bond motifs is 4. The van der Waals surface area contributed by atoms with Crippen molar-refractivity contribution in [3.63, 3.8) is 0 Å². The Bertz CT molecular complexity index is 3880. The highest BCUT2D eigenvalue weighted by atomic mass is 127. The molecule has 8 unspecified atom stereocenters. The van der Waals surface area contributed by atoms with Crippen LogP contribution >= 0.6 is 22.6 Å². The van der Waals surface area contributed by atoms with Crippen molar-refractivity contribution in [2.24, 2.45) is 45.3 Å². The van der Waals surface area contributed by atoms with Gasteiger partial charge in [-0.25, -0.2) is 27.6 Å². The van der Waals surface area contributed by atoms with E-state index in [0.29, 0.717) is 47.8 Å². The van der Waals surface area contributed by atoms with Gasteiger partial charge < -0.3 is 29.5 Å². The maximum Gasteiger partial charge on any atom is 0.410 e. The van der Waals surface area contributed by atoms with E-state index < -0.39 is 22.8 Å². The van der Waals surface area contributed by atoms with Gasteiger partial charge in [0.25, 0.3) is 0 Å². The van der Waals surface area contributed by atoms with Gasteiger partial charge in [0, 0.05) is 87.8 Å². The van der Waals surface area contributed by atoms with Crippen LogP contribution in [0, 0.1) is 132 Å². The Morgan fingerprint density at radius 2 is 1.09 bits per heavy atom. The molecule has 6 aromatic rings. The fourth-order valence-corrected chi connectivity index (χ4v) is 11.4. The molecule has 4 aliphatic carbocycles. The molecule has 22 heteroatoms. The fourth-order valence-electron chi connectivity index (χ4n) is 11.1. The Balaban J connectivity index is 0.000000133. The van der Waals surface area contributed by atoms with E-state index in [9.17, 15) is 22.8 Å². The molecule has 90 heavy (non-hydrogen) atoms. The van der Waals surface area contributed by atoms with Gasteiger partial charge in [-0.2, -0.15) is 25.7 Å². The Kier molecular flexibility index (Phi) is 20.1. The largest absolute Gasteiger partial charge is 0.444 e. The molecule has 8 atom stereocenters. The molecule has 4 aromatic heterocycles. The lowest BCUT2D eigenvalue weighted by Gasteiger charge is -2.25. The predicted octanol–water partition coefficient (Wildman–Crippen LogP) is 10.4. The van der Waals surface area contributed by atoms with E-state index in [1.54, 1.807) is 40.7 Å². The van der Waals surface area contributed by atoms with E-state index in [-0.39, 0.29) is 45.4 Å². The van der Waals surface area contributed by atoms with Crippen LogP contribution in [0.25, 0.3) is 4.85 Å². The summed E-state index contributed by atoms with van der Waals surface area (Å²) >= 11 is 2.11. The summed E-state index contributed by atoms with van der Waals surface area (Å²) in [4.78, 5) is 32.3. The van der Waals surface area contributed by atoms with Crippen LogP contribution in [0.1, 0.15) is 89.9 Å². The number of nitrogens with one attached hydrogen (secondary N) is 1. The van der Waals surface area contributed by atoms with Gasteiger partial charge in [0.05, 0.1) is 34.4 Å². The highest BCUT2D eigenvalue weighted by molar-refractivity contribution is 14.1. The highest BCUT2D eigenvalue weighted by Gasteiger charge is 2.62. The molecule has 8 fully saturated rings.